The molecule has 1 aromatic rings. The predicted octanol–water partition coefficient (Wildman–Crippen LogP) is 0.689. The van der Waals surface area contributed by atoms with Crippen LogP contribution in [0.1, 0.15) is 24.0 Å². The number of rotatable bonds is 2. The number of amides is 2. The summed E-state index contributed by atoms with van der Waals surface area (Å²) in [6.07, 6.45) is 1.42. The Balaban J connectivity index is 1.77. The van der Waals surface area contributed by atoms with Crippen LogP contribution in [0.5, 0.6) is 0 Å². The van der Waals surface area contributed by atoms with Gasteiger partial charge in [0.2, 0.25) is 11.8 Å². The molecule has 5 nitrogen and oxygen atoms in total. The van der Waals surface area contributed by atoms with E-state index in [2.05, 4.69) is 16.0 Å². The molecule has 6 heteroatoms. The highest BCUT2D eigenvalue weighted by Crippen LogP contribution is 2.25. The Morgan fingerprint density at radius 2 is 2.20 bits per heavy atom. The maximum atomic E-state index is 14.3. The molecule has 2 aliphatic rings. The van der Waals surface area contributed by atoms with E-state index >= 15 is 0 Å². The van der Waals surface area contributed by atoms with E-state index < -0.39 is 6.04 Å². The second-order valence-corrected chi connectivity index (χ2v) is 5.14. The van der Waals surface area contributed by atoms with Crippen molar-refractivity contribution >= 4 is 17.5 Å². The Hall–Kier alpha value is -1.95. The van der Waals surface area contributed by atoms with Gasteiger partial charge in [-0.1, -0.05) is 6.07 Å². The lowest BCUT2D eigenvalue weighted by molar-refractivity contribution is -0.122. The average Bonchev–Trinajstić information content (AvgIpc) is 2.89. The monoisotopic (exact) mass is 277 g/mol. The summed E-state index contributed by atoms with van der Waals surface area (Å²) < 4.78 is 14.3. The van der Waals surface area contributed by atoms with Crippen molar-refractivity contribution in [1.29, 1.82) is 0 Å². The van der Waals surface area contributed by atoms with E-state index in [1.807, 2.05) is 6.07 Å². The zero-order valence-electron chi connectivity index (χ0n) is 11.0. The lowest BCUT2D eigenvalue weighted by Gasteiger charge is -2.20. The molecular weight excluding hydrogens is 261 g/mol. The molecule has 0 spiro atoms. The predicted molar refractivity (Wildman–Crippen MR) is 71.6 cm³/mol. The molecule has 1 aromatic carbocycles. The number of hydrogen-bond acceptors (Lipinski definition) is 3. The molecule has 20 heavy (non-hydrogen) atoms. The summed E-state index contributed by atoms with van der Waals surface area (Å²) in [7, 11) is 0. The van der Waals surface area contributed by atoms with Crippen LogP contribution in [-0.4, -0.2) is 24.4 Å². The Labute approximate surface area is 115 Å². The topological polar surface area (TPSA) is 70.2 Å². The minimum atomic E-state index is -0.556. The van der Waals surface area contributed by atoms with Gasteiger partial charge in [-0.3, -0.25) is 9.59 Å². The summed E-state index contributed by atoms with van der Waals surface area (Å²) in [5.41, 5.74) is 1.79. The number of benzene rings is 1. The number of carbonyl (C=O) groups excluding carboxylic acids is 2. The molecule has 106 valence electrons. The largest absolute Gasteiger partial charge is 0.344 e. The normalized spacial score (nSPS) is 21.2. The Bertz CT molecular complexity index is 574. The first-order chi connectivity index (χ1) is 9.65. The van der Waals surface area contributed by atoms with Crippen molar-refractivity contribution in [3.8, 4) is 0 Å². The standard InChI is InChI=1S/C14H16FN3O2/c15-13-9-5-6-16-7-8(9)1-2-10(13)18-14(20)11-3-4-12(19)17-11/h1-2,11,16H,3-7H2,(H,17,19)(H,18,20)/t11-/m1/s1. The third kappa shape index (κ3) is 2.38. The molecule has 1 saturated heterocycles. The molecule has 2 aliphatic heterocycles. The number of halogens is 1. The number of nitrogens with one attached hydrogen (secondary N) is 3. The fourth-order valence-electron chi connectivity index (χ4n) is 2.66. The number of carbonyl (C=O) groups is 2. The van der Waals surface area contributed by atoms with Gasteiger partial charge < -0.3 is 16.0 Å². The molecule has 0 radical (unpaired) electrons. The van der Waals surface area contributed by atoms with Crippen molar-refractivity contribution in [1.82, 2.24) is 10.6 Å². The van der Waals surface area contributed by atoms with Crippen molar-refractivity contribution < 1.29 is 14.0 Å². The van der Waals surface area contributed by atoms with Gasteiger partial charge in [-0.05, 0) is 36.6 Å². The number of anilines is 1. The van der Waals surface area contributed by atoms with Crippen molar-refractivity contribution in [2.75, 3.05) is 11.9 Å². The van der Waals surface area contributed by atoms with E-state index in [0.717, 1.165) is 12.1 Å². The summed E-state index contributed by atoms with van der Waals surface area (Å²) >= 11 is 0. The molecule has 1 fully saturated rings. The van der Waals surface area contributed by atoms with E-state index in [1.165, 1.54) is 0 Å². The van der Waals surface area contributed by atoms with E-state index in [-0.39, 0.29) is 23.3 Å². The molecule has 2 heterocycles. The van der Waals surface area contributed by atoms with Crippen LogP contribution in [0.15, 0.2) is 12.1 Å². The van der Waals surface area contributed by atoms with Crippen molar-refractivity contribution in [3.63, 3.8) is 0 Å². The van der Waals surface area contributed by atoms with Crippen molar-refractivity contribution in [2.24, 2.45) is 0 Å². The van der Waals surface area contributed by atoms with Gasteiger partial charge in [0.15, 0.2) is 0 Å². The summed E-state index contributed by atoms with van der Waals surface area (Å²) in [6, 6.07) is 2.85. The fraction of sp³-hybridized carbons (Fsp3) is 0.429. The zero-order valence-corrected chi connectivity index (χ0v) is 11.0. The minimum absolute atomic E-state index is 0.137. The lowest BCUT2D eigenvalue weighted by atomic mass is 9.99. The van der Waals surface area contributed by atoms with Crippen LogP contribution in [0.25, 0.3) is 0 Å². The highest BCUT2D eigenvalue weighted by Gasteiger charge is 2.28. The third-order valence-corrected chi connectivity index (χ3v) is 3.78. The molecule has 1 atom stereocenters. The summed E-state index contributed by atoms with van der Waals surface area (Å²) in [5, 5.41) is 8.32. The molecule has 0 saturated carbocycles. The smallest absolute Gasteiger partial charge is 0.247 e. The van der Waals surface area contributed by atoms with Gasteiger partial charge in [0.1, 0.15) is 11.9 Å². The maximum absolute atomic E-state index is 14.3. The van der Waals surface area contributed by atoms with Crippen LogP contribution in [0, 0.1) is 5.82 Å². The Morgan fingerprint density at radius 3 is 2.95 bits per heavy atom. The van der Waals surface area contributed by atoms with E-state index in [4.69, 9.17) is 0 Å². The van der Waals surface area contributed by atoms with Crippen LogP contribution >= 0.6 is 0 Å². The van der Waals surface area contributed by atoms with Crippen molar-refractivity contribution in [3.05, 3.63) is 29.1 Å². The van der Waals surface area contributed by atoms with Crippen LogP contribution in [0.4, 0.5) is 10.1 Å². The fourth-order valence-corrected chi connectivity index (χ4v) is 2.66. The van der Waals surface area contributed by atoms with E-state index in [1.54, 1.807) is 6.07 Å². The van der Waals surface area contributed by atoms with Gasteiger partial charge in [-0.15, -0.1) is 0 Å². The molecule has 0 aliphatic carbocycles. The molecule has 3 rings (SSSR count). The van der Waals surface area contributed by atoms with Gasteiger partial charge in [0.25, 0.3) is 0 Å². The maximum Gasteiger partial charge on any atom is 0.247 e. The summed E-state index contributed by atoms with van der Waals surface area (Å²) in [4.78, 5) is 23.1. The molecule has 3 N–H and O–H groups in total. The first-order valence-electron chi connectivity index (χ1n) is 6.76. The Morgan fingerprint density at radius 1 is 1.35 bits per heavy atom. The third-order valence-electron chi connectivity index (χ3n) is 3.78. The minimum Gasteiger partial charge on any atom is -0.344 e. The van der Waals surface area contributed by atoms with Gasteiger partial charge in [0.05, 0.1) is 5.69 Å². The average molecular weight is 277 g/mol. The van der Waals surface area contributed by atoms with Gasteiger partial charge in [-0.25, -0.2) is 4.39 Å². The second-order valence-electron chi connectivity index (χ2n) is 5.14. The van der Waals surface area contributed by atoms with E-state index in [9.17, 15) is 14.0 Å². The number of hydrogen-bond donors (Lipinski definition) is 3. The summed E-state index contributed by atoms with van der Waals surface area (Å²) in [6.45, 7) is 1.39. The highest BCUT2D eigenvalue weighted by molar-refractivity contribution is 5.99. The van der Waals surface area contributed by atoms with Crippen LogP contribution in [-0.2, 0) is 22.6 Å². The second kappa shape index (κ2) is 5.20. The summed E-state index contributed by atoms with van der Waals surface area (Å²) in [5.74, 6) is -0.854. The zero-order chi connectivity index (χ0) is 14.1. The van der Waals surface area contributed by atoms with Crippen LogP contribution < -0.4 is 16.0 Å². The lowest BCUT2D eigenvalue weighted by Crippen LogP contribution is -2.37. The molecular formula is C14H16FN3O2. The van der Waals surface area contributed by atoms with Crippen LogP contribution in [0.2, 0.25) is 0 Å². The molecule has 2 amide bonds. The SMILES string of the molecule is O=C1CC[C@H](C(=O)Nc2ccc3c(c2F)CCNC3)N1. The van der Waals surface area contributed by atoms with Gasteiger partial charge >= 0.3 is 0 Å². The molecule has 0 aromatic heterocycles. The van der Waals surface area contributed by atoms with E-state index in [0.29, 0.717) is 31.4 Å². The van der Waals surface area contributed by atoms with Gasteiger partial charge in [0, 0.05) is 13.0 Å². The van der Waals surface area contributed by atoms with Crippen molar-refractivity contribution in [2.45, 2.75) is 31.8 Å². The first kappa shape index (κ1) is 13.1. The molecule has 0 unspecified atom stereocenters. The number of fused-ring (bicyclic) bond motifs is 1. The first-order valence-corrected chi connectivity index (χ1v) is 6.76. The van der Waals surface area contributed by atoms with Gasteiger partial charge in [-0.2, -0.15) is 0 Å². The quantitative estimate of drug-likeness (QED) is 0.745. The van der Waals surface area contributed by atoms with Crippen LogP contribution in [0.3, 0.4) is 0 Å². The highest BCUT2D eigenvalue weighted by atomic mass is 19.1. The Kier molecular flexibility index (Phi) is 3.40. The molecule has 0 bridgehead atoms.